The van der Waals surface area contributed by atoms with Gasteiger partial charge in [0.25, 0.3) is 0 Å². The predicted octanol–water partition coefficient (Wildman–Crippen LogP) is 2.94. The summed E-state index contributed by atoms with van der Waals surface area (Å²) in [7, 11) is 1.75. The first-order valence-electron chi connectivity index (χ1n) is 6.18. The zero-order valence-corrected chi connectivity index (χ0v) is 12.0. The van der Waals surface area contributed by atoms with E-state index in [1.165, 1.54) is 0 Å². The van der Waals surface area contributed by atoms with Crippen LogP contribution in [0.2, 0.25) is 5.02 Å². The predicted molar refractivity (Wildman–Crippen MR) is 76.4 cm³/mol. The fourth-order valence-corrected chi connectivity index (χ4v) is 2.01. The van der Waals surface area contributed by atoms with Gasteiger partial charge in [-0.2, -0.15) is 0 Å². The van der Waals surface area contributed by atoms with Crippen LogP contribution in [0.25, 0.3) is 11.0 Å². The van der Waals surface area contributed by atoms with Crippen molar-refractivity contribution < 1.29 is 4.79 Å². The molecule has 2 N–H and O–H groups in total. The second-order valence-electron chi connectivity index (χ2n) is 4.41. The highest BCUT2D eigenvalue weighted by molar-refractivity contribution is 6.31. The van der Waals surface area contributed by atoms with E-state index in [-0.39, 0.29) is 12.1 Å². The number of fused-ring (bicyclic) bond motifs is 1. The molecule has 102 valence electrons. The molecule has 5 nitrogen and oxygen atoms in total. The average molecular weight is 281 g/mol. The molecule has 1 heterocycles. The molecule has 0 bridgehead atoms. The fourth-order valence-electron chi connectivity index (χ4n) is 1.83. The van der Waals surface area contributed by atoms with Gasteiger partial charge in [-0.25, -0.2) is 9.78 Å². The Morgan fingerprint density at radius 2 is 2.32 bits per heavy atom. The molecule has 0 aliphatic heterocycles. The number of nitrogens with zero attached hydrogens (tertiary/aromatic N) is 2. The van der Waals surface area contributed by atoms with Crippen molar-refractivity contribution in [2.24, 2.45) is 0 Å². The zero-order valence-electron chi connectivity index (χ0n) is 11.2. The van der Waals surface area contributed by atoms with Crippen LogP contribution < -0.4 is 5.32 Å². The maximum absolute atomic E-state index is 11.8. The molecule has 0 fully saturated rings. The van der Waals surface area contributed by atoms with E-state index in [2.05, 4.69) is 15.3 Å². The Morgan fingerprint density at radius 3 is 3.00 bits per heavy atom. The molecular formula is C13H17ClN4O. The molecule has 0 aliphatic carbocycles. The number of amides is 2. The Hall–Kier alpha value is -1.75. The maximum Gasteiger partial charge on any atom is 0.317 e. The molecule has 0 saturated heterocycles. The third kappa shape index (κ3) is 2.81. The van der Waals surface area contributed by atoms with Crippen molar-refractivity contribution in [3.8, 4) is 0 Å². The third-order valence-corrected chi connectivity index (χ3v) is 3.32. The van der Waals surface area contributed by atoms with E-state index < -0.39 is 0 Å². The van der Waals surface area contributed by atoms with Crippen LogP contribution in [0.5, 0.6) is 0 Å². The van der Waals surface area contributed by atoms with Crippen LogP contribution in [0.3, 0.4) is 0 Å². The Bertz CT molecular complexity index is 595. The number of urea groups is 1. The summed E-state index contributed by atoms with van der Waals surface area (Å²) in [5, 5.41) is 3.42. The monoisotopic (exact) mass is 280 g/mol. The smallest absolute Gasteiger partial charge is 0.317 e. The second kappa shape index (κ2) is 5.48. The first-order chi connectivity index (χ1) is 9.02. The molecule has 6 heteroatoms. The lowest BCUT2D eigenvalue weighted by Gasteiger charge is -2.23. The van der Waals surface area contributed by atoms with Gasteiger partial charge in [-0.3, -0.25) is 0 Å². The lowest BCUT2D eigenvalue weighted by molar-refractivity contribution is 0.193. The number of imidazole rings is 1. The topological polar surface area (TPSA) is 61.0 Å². The van der Waals surface area contributed by atoms with Gasteiger partial charge in [0.15, 0.2) is 0 Å². The van der Waals surface area contributed by atoms with Crippen LogP contribution in [0.15, 0.2) is 18.2 Å². The molecule has 1 atom stereocenters. The highest BCUT2D eigenvalue weighted by Crippen LogP contribution is 2.22. The van der Waals surface area contributed by atoms with Crippen LogP contribution in [0.4, 0.5) is 4.79 Å². The standard InChI is InChI=1S/C13H17ClN4O/c1-4-15-13(19)18(3)8(2)12-16-10-6-5-9(14)7-11(10)17-12/h5-8H,4H2,1-3H3,(H,15,19)(H,16,17)/t8-/m0/s1. The summed E-state index contributed by atoms with van der Waals surface area (Å²) in [6.45, 7) is 4.42. The summed E-state index contributed by atoms with van der Waals surface area (Å²) in [6, 6.07) is 5.22. The summed E-state index contributed by atoms with van der Waals surface area (Å²) >= 11 is 5.94. The number of carbonyl (C=O) groups is 1. The van der Waals surface area contributed by atoms with Crippen molar-refractivity contribution >= 4 is 28.7 Å². The Kier molecular flexibility index (Phi) is 3.95. The van der Waals surface area contributed by atoms with Crippen molar-refractivity contribution in [2.75, 3.05) is 13.6 Å². The molecule has 0 unspecified atom stereocenters. The fraction of sp³-hybridized carbons (Fsp3) is 0.385. The number of rotatable bonds is 3. The van der Waals surface area contributed by atoms with Crippen LogP contribution in [0.1, 0.15) is 25.7 Å². The van der Waals surface area contributed by atoms with Crippen LogP contribution in [-0.4, -0.2) is 34.5 Å². The summed E-state index contributed by atoms with van der Waals surface area (Å²) in [5.74, 6) is 0.742. The molecule has 2 rings (SSSR count). The van der Waals surface area contributed by atoms with Gasteiger partial charge >= 0.3 is 6.03 Å². The molecule has 0 aliphatic rings. The molecule has 19 heavy (non-hydrogen) atoms. The number of H-pyrrole nitrogens is 1. The Morgan fingerprint density at radius 1 is 1.58 bits per heavy atom. The van der Waals surface area contributed by atoms with Crippen molar-refractivity contribution in [3.63, 3.8) is 0 Å². The largest absolute Gasteiger partial charge is 0.340 e. The molecular weight excluding hydrogens is 264 g/mol. The third-order valence-electron chi connectivity index (χ3n) is 3.09. The van der Waals surface area contributed by atoms with Crippen molar-refractivity contribution in [3.05, 3.63) is 29.0 Å². The van der Waals surface area contributed by atoms with Crippen LogP contribution >= 0.6 is 11.6 Å². The van der Waals surface area contributed by atoms with Crippen LogP contribution in [0, 0.1) is 0 Å². The van der Waals surface area contributed by atoms with E-state index in [9.17, 15) is 4.79 Å². The number of carbonyl (C=O) groups excluding carboxylic acids is 1. The summed E-state index contributed by atoms with van der Waals surface area (Å²) in [4.78, 5) is 21.1. The minimum absolute atomic E-state index is 0.117. The number of aromatic amines is 1. The van der Waals surface area contributed by atoms with Crippen molar-refractivity contribution in [1.29, 1.82) is 0 Å². The molecule has 1 aromatic heterocycles. The van der Waals surface area contributed by atoms with Gasteiger partial charge in [0, 0.05) is 18.6 Å². The minimum Gasteiger partial charge on any atom is -0.340 e. The normalized spacial score (nSPS) is 12.4. The second-order valence-corrected chi connectivity index (χ2v) is 4.84. The molecule has 1 aromatic carbocycles. The number of benzene rings is 1. The van der Waals surface area contributed by atoms with Gasteiger partial charge in [-0.15, -0.1) is 0 Å². The molecule has 0 saturated carbocycles. The first-order valence-corrected chi connectivity index (χ1v) is 6.56. The number of nitrogens with one attached hydrogen (secondary N) is 2. The highest BCUT2D eigenvalue weighted by atomic mass is 35.5. The number of halogens is 1. The van der Waals surface area contributed by atoms with E-state index in [0.717, 1.165) is 16.9 Å². The molecule has 2 amide bonds. The van der Waals surface area contributed by atoms with Crippen molar-refractivity contribution in [1.82, 2.24) is 20.2 Å². The molecule has 0 spiro atoms. The Balaban J connectivity index is 2.25. The minimum atomic E-state index is -0.141. The van der Waals surface area contributed by atoms with Gasteiger partial charge in [0.1, 0.15) is 5.82 Å². The quantitative estimate of drug-likeness (QED) is 0.908. The highest BCUT2D eigenvalue weighted by Gasteiger charge is 2.19. The van der Waals surface area contributed by atoms with Gasteiger partial charge < -0.3 is 15.2 Å². The van der Waals surface area contributed by atoms with Gasteiger partial charge in [-0.05, 0) is 32.0 Å². The summed E-state index contributed by atoms with van der Waals surface area (Å²) < 4.78 is 0. The maximum atomic E-state index is 11.8. The van der Waals surface area contributed by atoms with E-state index in [4.69, 9.17) is 11.6 Å². The van der Waals surface area contributed by atoms with Gasteiger partial charge in [-0.1, -0.05) is 11.6 Å². The van der Waals surface area contributed by atoms with Gasteiger partial charge in [0.05, 0.1) is 17.1 Å². The van der Waals surface area contributed by atoms with E-state index in [0.29, 0.717) is 11.6 Å². The summed E-state index contributed by atoms with van der Waals surface area (Å²) in [6.07, 6.45) is 0. The SMILES string of the molecule is CCNC(=O)N(C)[C@@H](C)c1nc2ccc(Cl)cc2[nH]1. The first kappa shape index (κ1) is 13.7. The van der Waals surface area contributed by atoms with E-state index in [1.807, 2.05) is 26.0 Å². The van der Waals surface area contributed by atoms with Crippen molar-refractivity contribution in [2.45, 2.75) is 19.9 Å². The Labute approximate surface area is 117 Å². The number of hydrogen-bond acceptors (Lipinski definition) is 2. The molecule has 2 aromatic rings. The van der Waals surface area contributed by atoms with E-state index >= 15 is 0 Å². The number of aromatic nitrogens is 2. The molecule has 0 radical (unpaired) electrons. The van der Waals surface area contributed by atoms with E-state index in [1.54, 1.807) is 18.0 Å². The summed E-state index contributed by atoms with van der Waals surface area (Å²) in [5.41, 5.74) is 1.72. The van der Waals surface area contributed by atoms with Crippen LogP contribution in [-0.2, 0) is 0 Å². The van der Waals surface area contributed by atoms with Gasteiger partial charge in [0.2, 0.25) is 0 Å². The lowest BCUT2D eigenvalue weighted by Crippen LogP contribution is -2.38. The average Bonchev–Trinajstić information content (AvgIpc) is 2.80. The number of hydrogen-bond donors (Lipinski definition) is 2. The lowest BCUT2D eigenvalue weighted by atomic mass is 10.3. The zero-order chi connectivity index (χ0) is 14.0.